The molecule has 10 heavy (non-hydrogen) atoms. The number of hydrogen-bond donors (Lipinski definition) is 0. The molecule has 0 radical (unpaired) electrons. The lowest BCUT2D eigenvalue weighted by molar-refractivity contribution is 0.403. The van der Waals surface area contributed by atoms with Crippen molar-refractivity contribution in [2.24, 2.45) is 0 Å². The van der Waals surface area contributed by atoms with Crippen LogP contribution in [0.2, 0.25) is 0 Å². The normalized spacial score (nSPS) is 10.0. The summed E-state index contributed by atoms with van der Waals surface area (Å²) in [5, 5.41) is 9.53. The summed E-state index contributed by atoms with van der Waals surface area (Å²) < 4.78 is 4.76. The van der Waals surface area contributed by atoms with Crippen LogP contribution in [0.1, 0.15) is 0 Å². The molecule has 2 aromatic rings. The maximum absolute atomic E-state index is 4.76. The second-order valence-electron chi connectivity index (χ2n) is 1.62. The van der Waals surface area contributed by atoms with Crippen LogP contribution in [-0.4, -0.2) is 15.4 Å². The van der Waals surface area contributed by atoms with Gasteiger partial charge < -0.3 is 4.52 Å². The molecule has 0 unspecified atom stereocenters. The topological polar surface area (TPSA) is 51.8 Å². The lowest BCUT2D eigenvalue weighted by Gasteiger charge is -1.79. The summed E-state index contributed by atoms with van der Waals surface area (Å²) >= 11 is 1.50. The molecule has 2 rings (SSSR count). The van der Waals surface area contributed by atoms with Gasteiger partial charge >= 0.3 is 0 Å². The molecule has 0 amide bonds. The van der Waals surface area contributed by atoms with E-state index in [9.17, 15) is 0 Å². The Bertz CT molecular complexity index is 256. The first-order chi connectivity index (χ1) is 4.97. The molecule has 4 nitrogen and oxygen atoms in total. The van der Waals surface area contributed by atoms with Gasteiger partial charge in [0.2, 0.25) is 5.76 Å². The van der Waals surface area contributed by atoms with Crippen molar-refractivity contribution >= 4 is 11.3 Å². The van der Waals surface area contributed by atoms with E-state index in [1.165, 1.54) is 11.3 Å². The third-order valence-electron chi connectivity index (χ3n) is 1.00. The van der Waals surface area contributed by atoms with Gasteiger partial charge in [-0.1, -0.05) is 0 Å². The highest BCUT2D eigenvalue weighted by Gasteiger charge is 2.03. The van der Waals surface area contributed by atoms with Crippen LogP contribution in [0.25, 0.3) is 10.8 Å². The summed E-state index contributed by atoms with van der Waals surface area (Å²) in [5.74, 6) is 0.620. The summed E-state index contributed by atoms with van der Waals surface area (Å²) in [6.45, 7) is 0. The van der Waals surface area contributed by atoms with Crippen molar-refractivity contribution in [2.45, 2.75) is 0 Å². The molecule has 0 atom stereocenters. The zero-order chi connectivity index (χ0) is 6.81. The number of rotatable bonds is 1. The zero-order valence-corrected chi connectivity index (χ0v) is 5.71. The summed E-state index contributed by atoms with van der Waals surface area (Å²) in [6, 6.07) is 0. The Morgan fingerprint density at radius 3 is 3.10 bits per heavy atom. The highest BCUT2D eigenvalue weighted by molar-refractivity contribution is 7.13. The lowest BCUT2D eigenvalue weighted by atomic mass is 10.5. The van der Waals surface area contributed by atoms with Gasteiger partial charge in [0.25, 0.3) is 0 Å². The molecule has 0 saturated heterocycles. The van der Waals surface area contributed by atoms with Crippen molar-refractivity contribution in [1.82, 2.24) is 15.4 Å². The van der Waals surface area contributed by atoms with E-state index in [-0.39, 0.29) is 0 Å². The lowest BCUT2D eigenvalue weighted by Crippen LogP contribution is -1.66. The summed E-state index contributed by atoms with van der Waals surface area (Å²) in [6.07, 6.45) is 3.25. The molecule has 2 heterocycles. The fourth-order valence-corrected chi connectivity index (χ4v) is 1.18. The second kappa shape index (κ2) is 2.18. The van der Waals surface area contributed by atoms with Gasteiger partial charge in [-0.2, -0.15) is 0 Å². The van der Waals surface area contributed by atoms with Crippen LogP contribution in [0.4, 0.5) is 0 Å². The van der Waals surface area contributed by atoms with Crippen molar-refractivity contribution in [3.05, 3.63) is 17.8 Å². The molecule has 5 heteroatoms. The highest BCUT2D eigenvalue weighted by atomic mass is 32.1. The number of thiazole rings is 1. The Hall–Kier alpha value is -1.23. The van der Waals surface area contributed by atoms with E-state index >= 15 is 0 Å². The van der Waals surface area contributed by atoms with Gasteiger partial charge in [0, 0.05) is 16.8 Å². The monoisotopic (exact) mass is 153 g/mol. The maximum atomic E-state index is 4.76. The van der Waals surface area contributed by atoms with Gasteiger partial charge in [-0.05, 0) is 0 Å². The predicted octanol–water partition coefficient (Wildman–Crippen LogP) is 1.19. The van der Waals surface area contributed by atoms with Gasteiger partial charge in [-0.15, -0.1) is 16.4 Å². The van der Waals surface area contributed by atoms with Crippen molar-refractivity contribution in [1.29, 1.82) is 0 Å². The molecular weight excluding hydrogens is 150 g/mol. The fourth-order valence-electron chi connectivity index (χ4n) is 0.607. The van der Waals surface area contributed by atoms with Crippen LogP contribution in [0, 0.1) is 0 Å². The Kier molecular flexibility index (Phi) is 1.21. The number of aromatic nitrogens is 3. The highest BCUT2D eigenvalue weighted by Crippen LogP contribution is 2.18. The minimum Gasteiger partial charge on any atom is -0.334 e. The van der Waals surface area contributed by atoms with Crippen LogP contribution in [0.5, 0.6) is 0 Å². The SMILES string of the molecule is c1csc(-c2cnno2)n1. The Morgan fingerprint density at radius 2 is 2.50 bits per heavy atom. The van der Waals surface area contributed by atoms with E-state index in [2.05, 4.69) is 15.4 Å². The average Bonchev–Trinajstić information content (AvgIpc) is 2.59. The molecule has 2 aromatic heterocycles. The van der Waals surface area contributed by atoms with Crippen LogP contribution in [0.15, 0.2) is 22.3 Å². The molecule has 0 N–H and O–H groups in total. The quantitative estimate of drug-likeness (QED) is 0.617. The Labute approximate surface area is 60.5 Å². The number of nitrogens with zero attached hydrogens (tertiary/aromatic N) is 3. The van der Waals surface area contributed by atoms with Gasteiger partial charge in [0.1, 0.15) is 6.20 Å². The molecule has 0 aliphatic heterocycles. The molecule has 0 bridgehead atoms. The van der Waals surface area contributed by atoms with E-state index in [1.807, 2.05) is 5.38 Å². The second-order valence-corrected chi connectivity index (χ2v) is 2.51. The summed E-state index contributed by atoms with van der Waals surface area (Å²) in [7, 11) is 0. The Morgan fingerprint density at radius 1 is 1.50 bits per heavy atom. The average molecular weight is 153 g/mol. The van der Waals surface area contributed by atoms with Gasteiger partial charge in [0.15, 0.2) is 5.01 Å². The third kappa shape index (κ3) is 0.801. The van der Waals surface area contributed by atoms with Crippen LogP contribution < -0.4 is 0 Å². The van der Waals surface area contributed by atoms with Crippen LogP contribution in [-0.2, 0) is 0 Å². The standard InChI is InChI=1S/C5H3N3OS/c1-2-10-5(6-1)4-3-7-8-9-4/h1-3H. The fraction of sp³-hybridized carbons (Fsp3) is 0. The first-order valence-electron chi connectivity index (χ1n) is 2.64. The van der Waals surface area contributed by atoms with E-state index in [0.717, 1.165) is 5.01 Å². The molecule has 50 valence electrons. The molecule has 0 aromatic carbocycles. The Balaban J connectivity index is 2.48. The van der Waals surface area contributed by atoms with Crippen LogP contribution in [0.3, 0.4) is 0 Å². The van der Waals surface area contributed by atoms with Crippen molar-refractivity contribution in [2.75, 3.05) is 0 Å². The van der Waals surface area contributed by atoms with Gasteiger partial charge in [0.05, 0.1) is 0 Å². The van der Waals surface area contributed by atoms with E-state index in [1.54, 1.807) is 12.4 Å². The smallest absolute Gasteiger partial charge is 0.215 e. The largest absolute Gasteiger partial charge is 0.334 e. The third-order valence-corrected chi connectivity index (χ3v) is 1.79. The van der Waals surface area contributed by atoms with Gasteiger partial charge in [-0.25, -0.2) is 4.98 Å². The van der Waals surface area contributed by atoms with Crippen LogP contribution >= 0.6 is 11.3 Å². The summed E-state index contributed by atoms with van der Waals surface area (Å²) in [5.41, 5.74) is 0. The first kappa shape index (κ1) is 5.55. The van der Waals surface area contributed by atoms with Crippen molar-refractivity contribution in [3.8, 4) is 10.8 Å². The predicted molar refractivity (Wildman–Crippen MR) is 35.4 cm³/mol. The first-order valence-corrected chi connectivity index (χ1v) is 3.52. The van der Waals surface area contributed by atoms with E-state index in [0.29, 0.717) is 5.76 Å². The minimum absolute atomic E-state index is 0.620. The van der Waals surface area contributed by atoms with Crippen molar-refractivity contribution in [3.63, 3.8) is 0 Å². The number of hydrogen-bond acceptors (Lipinski definition) is 5. The maximum Gasteiger partial charge on any atom is 0.215 e. The van der Waals surface area contributed by atoms with Gasteiger partial charge in [-0.3, -0.25) is 0 Å². The molecule has 0 fully saturated rings. The molecule has 0 saturated carbocycles. The van der Waals surface area contributed by atoms with E-state index in [4.69, 9.17) is 4.52 Å². The molecule has 0 aliphatic rings. The molecular formula is C5H3N3OS. The minimum atomic E-state index is 0.620. The zero-order valence-electron chi connectivity index (χ0n) is 4.89. The van der Waals surface area contributed by atoms with Crippen molar-refractivity contribution < 1.29 is 4.52 Å². The molecule has 0 spiro atoms. The molecule has 0 aliphatic carbocycles. The summed E-state index contributed by atoms with van der Waals surface area (Å²) in [4.78, 5) is 4.00. The van der Waals surface area contributed by atoms with E-state index < -0.39 is 0 Å².